The summed E-state index contributed by atoms with van der Waals surface area (Å²) in [5.41, 5.74) is 0.992. The van der Waals surface area contributed by atoms with Gasteiger partial charge in [-0.25, -0.2) is 0 Å². The Morgan fingerprint density at radius 1 is 0.625 bits per heavy atom. The monoisotopic (exact) mass is 462 g/mol. The average Bonchev–Trinajstić information content (AvgIpc) is 2.85. The van der Waals surface area contributed by atoms with Crippen LogP contribution in [0, 0.1) is 6.92 Å². The Hall–Kier alpha value is -2.78. The first-order valence-corrected chi connectivity index (χ1v) is 14.4. The Balaban J connectivity index is 2.12. The molecule has 0 aliphatic carbocycles. The van der Waals surface area contributed by atoms with E-state index in [2.05, 4.69) is 0 Å². The van der Waals surface area contributed by atoms with Crippen LogP contribution in [0.5, 0.6) is 0 Å². The summed E-state index contributed by atoms with van der Waals surface area (Å²) in [5, 5.41) is 2.65. The van der Waals surface area contributed by atoms with Crippen molar-refractivity contribution in [3.63, 3.8) is 0 Å². The normalized spacial score (nSPS) is 13.2. The minimum absolute atomic E-state index is 0.161. The molecule has 4 aromatic carbocycles. The van der Waals surface area contributed by atoms with Crippen molar-refractivity contribution in [3.05, 3.63) is 121 Å². The molecule has 0 saturated carbocycles. The van der Waals surface area contributed by atoms with Gasteiger partial charge in [0.25, 0.3) is 0 Å². The molecule has 4 aromatic rings. The van der Waals surface area contributed by atoms with Crippen molar-refractivity contribution in [2.45, 2.75) is 18.7 Å². The maximum absolute atomic E-state index is 13.9. The second-order valence-corrected chi connectivity index (χ2v) is 14.5. The zero-order chi connectivity index (χ0) is 22.7. The molecule has 0 radical (unpaired) electrons. The second kappa shape index (κ2) is 8.63. The fourth-order valence-electron chi connectivity index (χ4n) is 4.37. The molecule has 0 atom stereocenters. The average molecular weight is 463 g/mol. The van der Waals surface area contributed by atoms with Crippen molar-refractivity contribution >= 4 is 32.9 Å². The SMILES string of the molecule is CCP(OS(=O)(=O)c1ccc(C)cc1)(c1ccccc1)(c1ccccc1)c1ccccc1. The Bertz CT molecular complexity index is 1190. The zero-order valence-corrected chi connectivity index (χ0v) is 20.0. The Morgan fingerprint density at radius 2 is 1.00 bits per heavy atom. The van der Waals surface area contributed by atoms with Gasteiger partial charge in [-0.05, 0) is 0 Å². The fourth-order valence-corrected chi connectivity index (χ4v) is 12.8. The van der Waals surface area contributed by atoms with Gasteiger partial charge in [0.2, 0.25) is 0 Å². The van der Waals surface area contributed by atoms with Gasteiger partial charge in [-0.2, -0.15) is 0 Å². The second-order valence-electron chi connectivity index (χ2n) is 7.88. The van der Waals surface area contributed by atoms with Crippen LogP contribution < -0.4 is 15.9 Å². The summed E-state index contributed by atoms with van der Waals surface area (Å²) in [5.74, 6) is 0. The third-order valence-electron chi connectivity index (χ3n) is 6.08. The van der Waals surface area contributed by atoms with Gasteiger partial charge in [-0.15, -0.1) is 0 Å². The first-order chi connectivity index (χ1) is 15.4. The molecule has 0 fully saturated rings. The standard InChI is InChI=1S/C27H27O3PS/c1-3-31(24-13-7-4-8-14-24,25-15-9-5-10-16-25,26-17-11-6-12-18-26)30-32(28,29)27-21-19-23(2)20-22-27/h4-22H,3H2,1-2H3. The summed E-state index contributed by atoms with van der Waals surface area (Å²) in [4.78, 5) is 0.161. The molecule has 0 aliphatic rings. The molecule has 0 aliphatic heterocycles. The Morgan fingerprint density at radius 3 is 1.34 bits per heavy atom. The van der Waals surface area contributed by atoms with E-state index in [-0.39, 0.29) is 4.90 Å². The van der Waals surface area contributed by atoms with Crippen LogP contribution in [0.2, 0.25) is 0 Å². The van der Waals surface area contributed by atoms with E-state index in [1.54, 1.807) is 24.3 Å². The molecule has 164 valence electrons. The van der Waals surface area contributed by atoms with Crippen molar-refractivity contribution in [1.29, 1.82) is 0 Å². The fraction of sp³-hybridized carbons (Fsp3) is 0.111. The Kier molecular flexibility index (Phi) is 6.05. The molecule has 0 bridgehead atoms. The van der Waals surface area contributed by atoms with Gasteiger partial charge in [0.15, 0.2) is 0 Å². The molecule has 0 aromatic heterocycles. The van der Waals surface area contributed by atoms with E-state index in [0.29, 0.717) is 6.16 Å². The van der Waals surface area contributed by atoms with Crippen molar-refractivity contribution < 1.29 is 12.4 Å². The van der Waals surface area contributed by atoms with Gasteiger partial charge in [-0.3, -0.25) is 0 Å². The maximum atomic E-state index is 13.9. The van der Waals surface area contributed by atoms with E-state index in [0.717, 1.165) is 21.5 Å². The molecular weight excluding hydrogens is 435 g/mol. The third-order valence-corrected chi connectivity index (χ3v) is 14.4. The summed E-state index contributed by atoms with van der Waals surface area (Å²) < 4.78 is 34.4. The first-order valence-electron chi connectivity index (χ1n) is 10.6. The van der Waals surface area contributed by atoms with Crippen LogP contribution in [0.15, 0.2) is 120 Å². The van der Waals surface area contributed by atoms with Crippen molar-refractivity contribution in [3.8, 4) is 0 Å². The van der Waals surface area contributed by atoms with E-state index in [1.165, 1.54) is 0 Å². The summed E-state index contributed by atoms with van der Waals surface area (Å²) in [6.45, 7) is 0.0654. The number of benzene rings is 4. The van der Waals surface area contributed by atoms with Crippen molar-refractivity contribution in [2.24, 2.45) is 0 Å². The molecule has 0 N–H and O–H groups in total. The number of hydrogen-bond donors (Lipinski definition) is 0. The van der Waals surface area contributed by atoms with Crippen LogP contribution in [0.1, 0.15) is 12.5 Å². The van der Waals surface area contributed by atoms with Gasteiger partial charge in [0.1, 0.15) is 0 Å². The minimum atomic E-state index is -4.09. The molecule has 0 unspecified atom stereocenters. The summed E-state index contributed by atoms with van der Waals surface area (Å²) in [7, 11) is -4.09. The summed E-state index contributed by atoms with van der Waals surface area (Å²) in [6.07, 6.45) is 0.495. The van der Waals surface area contributed by atoms with Gasteiger partial charge in [0, 0.05) is 0 Å². The van der Waals surface area contributed by atoms with Crippen LogP contribution in [0.25, 0.3) is 0 Å². The molecule has 3 nitrogen and oxygen atoms in total. The number of aryl methyl sites for hydroxylation is 1. The molecule has 0 amide bonds. The quantitative estimate of drug-likeness (QED) is 0.356. The number of rotatable bonds is 7. The Labute approximate surface area is 190 Å². The van der Waals surface area contributed by atoms with Gasteiger partial charge >= 0.3 is 191 Å². The van der Waals surface area contributed by atoms with E-state index >= 15 is 0 Å². The van der Waals surface area contributed by atoms with Crippen molar-refractivity contribution in [1.82, 2.24) is 0 Å². The van der Waals surface area contributed by atoms with E-state index in [4.69, 9.17) is 3.97 Å². The van der Waals surface area contributed by atoms with Crippen LogP contribution in [0.3, 0.4) is 0 Å². The predicted octanol–water partition coefficient (Wildman–Crippen LogP) is 5.17. The van der Waals surface area contributed by atoms with E-state index < -0.39 is 16.9 Å². The van der Waals surface area contributed by atoms with Crippen LogP contribution >= 0.6 is 6.83 Å². The van der Waals surface area contributed by atoms with Crippen molar-refractivity contribution in [2.75, 3.05) is 6.16 Å². The van der Waals surface area contributed by atoms with Crippen LogP contribution in [-0.4, -0.2) is 14.6 Å². The molecule has 5 heteroatoms. The van der Waals surface area contributed by atoms with Crippen LogP contribution in [-0.2, 0) is 14.1 Å². The summed E-state index contributed by atoms with van der Waals surface area (Å²) in [6, 6.07) is 36.3. The predicted molar refractivity (Wildman–Crippen MR) is 135 cm³/mol. The molecular formula is C27H27O3PS. The van der Waals surface area contributed by atoms with Crippen LogP contribution in [0.4, 0.5) is 0 Å². The van der Waals surface area contributed by atoms with Gasteiger partial charge in [0.05, 0.1) is 0 Å². The van der Waals surface area contributed by atoms with E-state index in [9.17, 15) is 8.42 Å². The first kappa shape index (κ1) is 22.4. The zero-order valence-electron chi connectivity index (χ0n) is 18.3. The van der Waals surface area contributed by atoms with E-state index in [1.807, 2.05) is 105 Å². The molecule has 4 rings (SSSR count). The molecule has 32 heavy (non-hydrogen) atoms. The van der Waals surface area contributed by atoms with Gasteiger partial charge < -0.3 is 0 Å². The summed E-state index contributed by atoms with van der Waals surface area (Å²) >= 11 is 0. The number of hydrogen-bond acceptors (Lipinski definition) is 3. The molecule has 0 spiro atoms. The van der Waals surface area contributed by atoms with Gasteiger partial charge in [-0.1, -0.05) is 0 Å². The third kappa shape index (κ3) is 3.59. The molecule has 0 heterocycles. The molecule has 0 saturated heterocycles. The topological polar surface area (TPSA) is 43.4 Å².